The minimum absolute atomic E-state index is 0.0615. The van der Waals surface area contributed by atoms with Crippen molar-refractivity contribution in [3.63, 3.8) is 0 Å². The Labute approximate surface area is 145 Å². The number of amides is 1. The topological polar surface area (TPSA) is 41.5 Å². The van der Waals surface area contributed by atoms with Crippen LogP contribution in [0.5, 0.6) is 0 Å². The molecule has 1 atom stereocenters. The van der Waals surface area contributed by atoms with Crippen molar-refractivity contribution in [2.24, 2.45) is 4.99 Å². The van der Waals surface area contributed by atoms with Crippen LogP contribution in [0, 0.1) is 0 Å². The highest BCUT2D eigenvalue weighted by molar-refractivity contribution is 7.98. The predicted octanol–water partition coefficient (Wildman–Crippen LogP) is 4.25. The maximum Gasteiger partial charge on any atom is 0.249 e. The lowest BCUT2D eigenvalue weighted by molar-refractivity contribution is -0.117. The number of fused-ring (bicyclic) bond motifs is 1. The first kappa shape index (κ1) is 16.1. The number of rotatable bonds is 4. The summed E-state index contributed by atoms with van der Waals surface area (Å²) in [6, 6.07) is 15.0. The first-order valence-electron chi connectivity index (χ1n) is 7.42. The summed E-state index contributed by atoms with van der Waals surface area (Å²) in [5, 5.41) is 3.62. The lowest BCUT2D eigenvalue weighted by Crippen LogP contribution is -2.26. The zero-order valence-electron chi connectivity index (χ0n) is 12.8. The standard InChI is InChI=1S/C18H17ClN2OS/c1-23-10-9-16-18(22)21-15-8-7-13(19)11-14(15)17(20-16)12-5-3-2-4-6-12/h2-8,11,16H,9-10H2,1H3,(H,21,22). The number of halogens is 1. The van der Waals surface area contributed by atoms with E-state index in [0.717, 1.165) is 28.3 Å². The van der Waals surface area contributed by atoms with E-state index in [1.165, 1.54) is 0 Å². The average molecular weight is 345 g/mol. The van der Waals surface area contributed by atoms with Gasteiger partial charge in [0.15, 0.2) is 0 Å². The molecule has 1 N–H and O–H groups in total. The van der Waals surface area contributed by atoms with Gasteiger partial charge in [0.25, 0.3) is 0 Å². The number of nitrogens with one attached hydrogen (secondary N) is 1. The molecule has 0 bridgehead atoms. The molecule has 1 heterocycles. The van der Waals surface area contributed by atoms with E-state index in [-0.39, 0.29) is 11.9 Å². The molecule has 2 aromatic carbocycles. The number of thioether (sulfide) groups is 1. The van der Waals surface area contributed by atoms with Crippen molar-refractivity contribution in [1.82, 2.24) is 0 Å². The van der Waals surface area contributed by atoms with Gasteiger partial charge in [-0.1, -0.05) is 41.9 Å². The summed E-state index contributed by atoms with van der Waals surface area (Å²) >= 11 is 7.89. The fourth-order valence-electron chi connectivity index (χ4n) is 2.57. The van der Waals surface area contributed by atoms with Gasteiger partial charge in [-0.2, -0.15) is 11.8 Å². The van der Waals surface area contributed by atoms with Crippen LogP contribution in [0.2, 0.25) is 5.02 Å². The van der Waals surface area contributed by atoms with Crippen LogP contribution in [0.25, 0.3) is 0 Å². The highest BCUT2D eigenvalue weighted by Crippen LogP contribution is 2.28. The average Bonchev–Trinajstić information content (AvgIpc) is 2.70. The molecule has 1 amide bonds. The van der Waals surface area contributed by atoms with Crippen LogP contribution in [-0.2, 0) is 4.79 Å². The molecule has 3 nitrogen and oxygen atoms in total. The maximum atomic E-state index is 12.5. The SMILES string of the molecule is CSCCC1N=C(c2ccccc2)c2cc(Cl)ccc2NC1=O. The Morgan fingerprint density at radius 2 is 2.00 bits per heavy atom. The Bertz CT molecular complexity index is 746. The molecule has 2 aromatic rings. The van der Waals surface area contributed by atoms with Gasteiger partial charge in [0.2, 0.25) is 5.91 Å². The van der Waals surface area contributed by atoms with Gasteiger partial charge in [0.1, 0.15) is 6.04 Å². The van der Waals surface area contributed by atoms with Gasteiger partial charge in [-0.15, -0.1) is 0 Å². The molecule has 5 heteroatoms. The molecule has 118 valence electrons. The number of carbonyl (C=O) groups is 1. The first-order chi connectivity index (χ1) is 11.2. The van der Waals surface area contributed by atoms with Gasteiger partial charge in [0, 0.05) is 16.1 Å². The summed E-state index contributed by atoms with van der Waals surface area (Å²) in [5.74, 6) is 0.828. The maximum absolute atomic E-state index is 12.5. The van der Waals surface area contributed by atoms with Crippen LogP contribution in [0.1, 0.15) is 17.5 Å². The van der Waals surface area contributed by atoms with E-state index in [0.29, 0.717) is 11.4 Å². The molecule has 0 radical (unpaired) electrons. The predicted molar refractivity (Wildman–Crippen MR) is 98.9 cm³/mol. The summed E-state index contributed by atoms with van der Waals surface area (Å²) < 4.78 is 0. The summed E-state index contributed by atoms with van der Waals surface area (Å²) in [5.41, 5.74) is 3.42. The Kier molecular flexibility index (Phi) is 5.03. The third kappa shape index (κ3) is 3.59. The second kappa shape index (κ2) is 7.20. The van der Waals surface area contributed by atoms with Crippen LogP contribution < -0.4 is 5.32 Å². The normalized spacial score (nSPS) is 17.0. The molecule has 0 fully saturated rings. The van der Waals surface area contributed by atoms with Gasteiger partial charge in [-0.3, -0.25) is 9.79 Å². The number of nitrogens with zero attached hydrogens (tertiary/aromatic N) is 1. The van der Waals surface area contributed by atoms with Crippen LogP contribution in [0.4, 0.5) is 5.69 Å². The van der Waals surface area contributed by atoms with Crippen molar-refractivity contribution < 1.29 is 4.79 Å². The van der Waals surface area contributed by atoms with Crippen LogP contribution >= 0.6 is 23.4 Å². The fourth-order valence-corrected chi connectivity index (χ4v) is 3.20. The van der Waals surface area contributed by atoms with Crippen molar-refractivity contribution >= 4 is 40.7 Å². The molecule has 0 aliphatic carbocycles. The summed E-state index contributed by atoms with van der Waals surface area (Å²) in [4.78, 5) is 17.3. The van der Waals surface area contributed by atoms with Crippen molar-refractivity contribution in [2.75, 3.05) is 17.3 Å². The summed E-state index contributed by atoms with van der Waals surface area (Å²) in [6.07, 6.45) is 2.75. The smallest absolute Gasteiger partial charge is 0.249 e. The molecule has 1 aliphatic rings. The number of benzodiazepines with no additional fused rings is 1. The van der Waals surface area contributed by atoms with Gasteiger partial charge in [0.05, 0.1) is 11.4 Å². The number of hydrogen-bond donors (Lipinski definition) is 1. The highest BCUT2D eigenvalue weighted by Gasteiger charge is 2.25. The van der Waals surface area contributed by atoms with E-state index in [9.17, 15) is 4.79 Å². The van der Waals surface area contributed by atoms with Crippen molar-refractivity contribution in [3.05, 3.63) is 64.7 Å². The van der Waals surface area contributed by atoms with Crippen molar-refractivity contribution in [3.8, 4) is 0 Å². The molecular weight excluding hydrogens is 328 g/mol. The zero-order chi connectivity index (χ0) is 16.2. The molecule has 23 heavy (non-hydrogen) atoms. The molecule has 3 rings (SSSR count). The summed E-state index contributed by atoms with van der Waals surface area (Å²) in [7, 11) is 0. The monoisotopic (exact) mass is 344 g/mol. The second-order valence-electron chi connectivity index (χ2n) is 5.32. The quantitative estimate of drug-likeness (QED) is 0.900. The molecule has 1 aliphatic heterocycles. The van der Waals surface area contributed by atoms with E-state index >= 15 is 0 Å². The first-order valence-corrected chi connectivity index (χ1v) is 9.19. The Hall–Kier alpha value is -1.78. The van der Waals surface area contributed by atoms with E-state index in [4.69, 9.17) is 16.6 Å². The van der Waals surface area contributed by atoms with E-state index in [2.05, 4.69) is 5.32 Å². The number of carbonyl (C=O) groups excluding carboxylic acids is 1. The molecule has 0 saturated heterocycles. The lowest BCUT2D eigenvalue weighted by Gasteiger charge is -2.10. The van der Waals surface area contributed by atoms with E-state index < -0.39 is 0 Å². The van der Waals surface area contributed by atoms with Gasteiger partial charge >= 0.3 is 0 Å². The Morgan fingerprint density at radius 1 is 1.22 bits per heavy atom. The lowest BCUT2D eigenvalue weighted by atomic mass is 10.0. The van der Waals surface area contributed by atoms with E-state index in [1.807, 2.05) is 48.7 Å². The molecule has 1 unspecified atom stereocenters. The zero-order valence-corrected chi connectivity index (χ0v) is 14.3. The number of anilines is 1. The van der Waals surface area contributed by atoms with Crippen LogP contribution in [0.3, 0.4) is 0 Å². The second-order valence-corrected chi connectivity index (χ2v) is 6.74. The van der Waals surface area contributed by atoms with Crippen molar-refractivity contribution in [2.45, 2.75) is 12.5 Å². The number of hydrogen-bond acceptors (Lipinski definition) is 3. The molecule has 0 aromatic heterocycles. The Balaban J connectivity index is 2.13. The number of aliphatic imine (C=N–C) groups is 1. The van der Waals surface area contributed by atoms with Crippen LogP contribution in [-0.4, -0.2) is 29.7 Å². The minimum atomic E-state index is -0.385. The fraction of sp³-hybridized carbons (Fsp3) is 0.222. The largest absolute Gasteiger partial charge is 0.324 e. The number of benzene rings is 2. The van der Waals surface area contributed by atoms with Gasteiger partial charge in [-0.05, 0) is 36.6 Å². The van der Waals surface area contributed by atoms with Gasteiger partial charge in [-0.25, -0.2) is 0 Å². The van der Waals surface area contributed by atoms with Crippen molar-refractivity contribution in [1.29, 1.82) is 0 Å². The molecule has 0 spiro atoms. The van der Waals surface area contributed by atoms with E-state index in [1.54, 1.807) is 17.8 Å². The summed E-state index contributed by atoms with van der Waals surface area (Å²) in [6.45, 7) is 0. The molecular formula is C18H17ClN2OS. The highest BCUT2D eigenvalue weighted by atomic mass is 35.5. The third-order valence-electron chi connectivity index (χ3n) is 3.72. The Morgan fingerprint density at radius 3 is 2.74 bits per heavy atom. The minimum Gasteiger partial charge on any atom is -0.324 e. The van der Waals surface area contributed by atoms with Crippen LogP contribution in [0.15, 0.2) is 53.5 Å². The molecule has 0 saturated carbocycles. The van der Waals surface area contributed by atoms with Gasteiger partial charge < -0.3 is 5.32 Å². The third-order valence-corrected chi connectivity index (χ3v) is 4.60.